The summed E-state index contributed by atoms with van der Waals surface area (Å²) in [5, 5.41) is 4.52. The van der Waals surface area contributed by atoms with Crippen LogP contribution in [0, 0.1) is 0 Å². The van der Waals surface area contributed by atoms with Crippen molar-refractivity contribution < 1.29 is 9.47 Å². The number of aromatic nitrogens is 2. The van der Waals surface area contributed by atoms with Gasteiger partial charge >= 0.3 is 0 Å². The monoisotopic (exact) mass is 440 g/mol. The van der Waals surface area contributed by atoms with Gasteiger partial charge in [-0.3, -0.25) is 4.90 Å². The van der Waals surface area contributed by atoms with Gasteiger partial charge in [-0.15, -0.1) is 0 Å². The van der Waals surface area contributed by atoms with Crippen molar-refractivity contribution >= 4 is 16.7 Å². The molecular weight excluding hydrogens is 412 g/mol. The predicted octanol–water partition coefficient (Wildman–Crippen LogP) is 4.62. The SMILES string of the molecule is c1ccc(COc2ccc3nc(-c4ccccc4)nc(NCCN4CCOCC4)c3c2)cc1. The van der Waals surface area contributed by atoms with Gasteiger partial charge in [0.05, 0.1) is 18.7 Å². The highest BCUT2D eigenvalue weighted by molar-refractivity contribution is 5.91. The summed E-state index contributed by atoms with van der Waals surface area (Å²) < 4.78 is 11.5. The first-order valence-corrected chi connectivity index (χ1v) is 11.4. The van der Waals surface area contributed by atoms with Gasteiger partial charge in [0.1, 0.15) is 18.2 Å². The van der Waals surface area contributed by atoms with Crippen LogP contribution in [0.3, 0.4) is 0 Å². The van der Waals surface area contributed by atoms with Crippen molar-refractivity contribution in [1.82, 2.24) is 14.9 Å². The number of rotatable bonds is 8. The van der Waals surface area contributed by atoms with Gasteiger partial charge in [-0.1, -0.05) is 60.7 Å². The smallest absolute Gasteiger partial charge is 0.162 e. The molecule has 2 heterocycles. The molecule has 0 amide bonds. The van der Waals surface area contributed by atoms with Gasteiger partial charge in [-0.25, -0.2) is 9.97 Å². The Balaban J connectivity index is 1.40. The topological polar surface area (TPSA) is 59.5 Å². The van der Waals surface area contributed by atoms with Gasteiger partial charge in [0.25, 0.3) is 0 Å². The molecule has 0 bridgehead atoms. The summed E-state index contributed by atoms with van der Waals surface area (Å²) in [7, 11) is 0. The highest BCUT2D eigenvalue weighted by atomic mass is 16.5. The molecule has 1 aliphatic rings. The predicted molar refractivity (Wildman–Crippen MR) is 131 cm³/mol. The average molecular weight is 441 g/mol. The van der Waals surface area contributed by atoms with E-state index in [2.05, 4.69) is 22.3 Å². The largest absolute Gasteiger partial charge is 0.489 e. The highest BCUT2D eigenvalue weighted by Gasteiger charge is 2.13. The van der Waals surface area contributed by atoms with Crippen molar-refractivity contribution in [2.75, 3.05) is 44.7 Å². The number of benzene rings is 3. The minimum Gasteiger partial charge on any atom is -0.489 e. The zero-order valence-corrected chi connectivity index (χ0v) is 18.6. The molecule has 4 aromatic rings. The van der Waals surface area contributed by atoms with Crippen molar-refractivity contribution in [3.05, 3.63) is 84.4 Å². The van der Waals surface area contributed by atoms with E-state index in [1.807, 2.05) is 66.7 Å². The van der Waals surface area contributed by atoms with Crippen molar-refractivity contribution in [1.29, 1.82) is 0 Å². The lowest BCUT2D eigenvalue weighted by Crippen LogP contribution is -2.39. The van der Waals surface area contributed by atoms with Crippen molar-refractivity contribution in [3.8, 4) is 17.1 Å². The third-order valence-electron chi connectivity index (χ3n) is 5.77. The Labute approximate surface area is 194 Å². The third-order valence-corrected chi connectivity index (χ3v) is 5.77. The van der Waals surface area contributed by atoms with E-state index < -0.39 is 0 Å². The van der Waals surface area contributed by atoms with E-state index in [9.17, 15) is 0 Å². The van der Waals surface area contributed by atoms with Gasteiger partial charge in [0, 0.05) is 37.1 Å². The Morgan fingerprint density at radius 2 is 1.64 bits per heavy atom. The molecule has 1 N–H and O–H groups in total. The van der Waals surface area contributed by atoms with E-state index in [-0.39, 0.29) is 0 Å². The van der Waals surface area contributed by atoms with Crippen LogP contribution in [0.25, 0.3) is 22.3 Å². The number of hydrogen-bond acceptors (Lipinski definition) is 6. The van der Waals surface area contributed by atoms with Gasteiger partial charge in [-0.2, -0.15) is 0 Å². The maximum Gasteiger partial charge on any atom is 0.162 e. The number of nitrogens with one attached hydrogen (secondary N) is 1. The van der Waals surface area contributed by atoms with Crippen LogP contribution in [0.15, 0.2) is 78.9 Å². The van der Waals surface area contributed by atoms with E-state index in [1.54, 1.807) is 0 Å². The number of hydrogen-bond donors (Lipinski definition) is 1. The van der Waals surface area contributed by atoms with Gasteiger partial charge in [0.15, 0.2) is 5.82 Å². The van der Waals surface area contributed by atoms with E-state index in [0.717, 1.165) is 78.8 Å². The van der Waals surface area contributed by atoms with E-state index in [4.69, 9.17) is 19.4 Å². The van der Waals surface area contributed by atoms with Crippen LogP contribution in [-0.4, -0.2) is 54.3 Å². The Bertz CT molecular complexity index is 1180. The fraction of sp³-hybridized carbons (Fsp3) is 0.259. The lowest BCUT2D eigenvalue weighted by molar-refractivity contribution is 0.0398. The summed E-state index contributed by atoms with van der Waals surface area (Å²) in [6.45, 7) is 5.82. The van der Waals surface area contributed by atoms with Gasteiger partial charge in [0.2, 0.25) is 0 Å². The molecular formula is C27H28N4O2. The summed E-state index contributed by atoms with van der Waals surface area (Å²) in [6, 6.07) is 26.3. The molecule has 0 saturated carbocycles. The molecule has 0 radical (unpaired) electrons. The quantitative estimate of drug-likeness (QED) is 0.431. The van der Waals surface area contributed by atoms with Gasteiger partial charge in [-0.05, 0) is 23.8 Å². The second kappa shape index (κ2) is 10.4. The van der Waals surface area contributed by atoms with E-state index in [1.165, 1.54) is 0 Å². The average Bonchev–Trinajstić information content (AvgIpc) is 2.89. The molecule has 1 saturated heterocycles. The first-order valence-electron chi connectivity index (χ1n) is 11.4. The summed E-state index contributed by atoms with van der Waals surface area (Å²) in [4.78, 5) is 12.1. The maximum absolute atomic E-state index is 6.06. The molecule has 168 valence electrons. The third kappa shape index (κ3) is 5.48. The Morgan fingerprint density at radius 3 is 2.42 bits per heavy atom. The van der Waals surface area contributed by atoms with Crippen LogP contribution >= 0.6 is 0 Å². The fourth-order valence-electron chi connectivity index (χ4n) is 3.95. The molecule has 5 rings (SSSR count). The Morgan fingerprint density at radius 1 is 0.879 bits per heavy atom. The first kappa shape index (κ1) is 21.4. The van der Waals surface area contributed by atoms with Crippen LogP contribution < -0.4 is 10.1 Å². The number of nitrogens with zero attached hydrogens (tertiary/aromatic N) is 3. The zero-order chi connectivity index (χ0) is 22.3. The minimum absolute atomic E-state index is 0.523. The lowest BCUT2D eigenvalue weighted by atomic mass is 10.1. The van der Waals surface area contributed by atoms with Crippen LogP contribution in [0.2, 0.25) is 0 Å². The minimum atomic E-state index is 0.523. The molecule has 0 unspecified atom stereocenters. The molecule has 3 aromatic carbocycles. The first-order chi connectivity index (χ1) is 16.3. The zero-order valence-electron chi connectivity index (χ0n) is 18.6. The highest BCUT2D eigenvalue weighted by Crippen LogP contribution is 2.28. The normalized spacial score (nSPS) is 14.3. The molecule has 33 heavy (non-hydrogen) atoms. The number of fused-ring (bicyclic) bond motifs is 1. The molecule has 0 aliphatic carbocycles. The molecule has 1 aliphatic heterocycles. The van der Waals surface area contributed by atoms with Crippen molar-refractivity contribution in [2.45, 2.75) is 6.61 Å². The second-order valence-electron chi connectivity index (χ2n) is 8.10. The van der Waals surface area contributed by atoms with E-state index >= 15 is 0 Å². The van der Waals surface area contributed by atoms with Crippen molar-refractivity contribution in [3.63, 3.8) is 0 Å². The molecule has 6 heteroatoms. The molecule has 6 nitrogen and oxygen atoms in total. The van der Waals surface area contributed by atoms with Crippen LogP contribution in [0.5, 0.6) is 5.75 Å². The molecule has 1 fully saturated rings. The standard InChI is InChI=1S/C27H28N4O2/c1-3-7-21(8-4-1)20-33-23-11-12-25-24(19-23)27(28-13-14-31-15-17-32-18-16-31)30-26(29-25)22-9-5-2-6-10-22/h1-12,19H,13-18,20H2,(H,28,29,30). The number of anilines is 1. The number of ether oxygens (including phenoxy) is 2. The lowest BCUT2D eigenvalue weighted by Gasteiger charge is -2.26. The summed E-state index contributed by atoms with van der Waals surface area (Å²) in [5.41, 5.74) is 3.03. The molecule has 0 atom stereocenters. The molecule has 1 aromatic heterocycles. The summed E-state index contributed by atoms with van der Waals surface area (Å²) >= 11 is 0. The van der Waals surface area contributed by atoms with Crippen LogP contribution in [0.4, 0.5) is 5.82 Å². The summed E-state index contributed by atoms with van der Waals surface area (Å²) in [6.07, 6.45) is 0. The van der Waals surface area contributed by atoms with Gasteiger partial charge < -0.3 is 14.8 Å². The Kier molecular flexibility index (Phi) is 6.75. The van der Waals surface area contributed by atoms with Crippen LogP contribution in [0.1, 0.15) is 5.56 Å². The summed E-state index contributed by atoms with van der Waals surface area (Å²) in [5.74, 6) is 2.35. The second-order valence-corrected chi connectivity index (χ2v) is 8.10. The maximum atomic E-state index is 6.06. The van der Waals surface area contributed by atoms with Crippen LogP contribution in [-0.2, 0) is 11.3 Å². The van der Waals surface area contributed by atoms with E-state index in [0.29, 0.717) is 6.61 Å². The fourth-order valence-corrected chi connectivity index (χ4v) is 3.95. The van der Waals surface area contributed by atoms with Crippen molar-refractivity contribution in [2.24, 2.45) is 0 Å². The number of morpholine rings is 1. The molecule has 0 spiro atoms. The Hall–Kier alpha value is -3.48.